The number of carbonyl (C=O) groups excluding carboxylic acids is 2. The molecule has 1 saturated heterocycles. The van der Waals surface area contributed by atoms with Crippen LogP contribution in [0.1, 0.15) is 6.42 Å². The Morgan fingerprint density at radius 1 is 1.17 bits per heavy atom. The molecule has 2 amide bonds. The van der Waals surface area contributed by atoms with Crippen molar-refractivity contribution in [2.45, 2.75) is 6.42 Å². The summed E-state index contributed by atoms with van der Waals surface area (Å²) in [6, 6.07) is 10.1. The van der Waals surface area contributed by atoms with Crippen molar-refractivity contribution in [2.24, 2.45) is 5.92 Å². The highest BCUT2D eigenvalue weighted by Gasteiger charge is 2.36. The quantitative estimate of drug-likeness (QED) is 0.641. The van der Waals surface area contributed by atoms with Gasteiger partial charge in [0.05, 0.1) is 33.6 Å². The molecule has 1 aliphatic heterocycles. The Labute approximate surface area is 173 Å². The first-order valence-corrected chi connectivity index (χ1v) is 9.57. The van der Waals surface area contributed by atoms with E-state index in [-0.39, 0.29) is 30.5 Å². The number of nitrogens with one attached hydrogen (secondary N) is 1. The number of hydrogen-bond acceptors (Lipinski definition) is 3. The van der Waals surface area contributed by atoms with Gasteiger partial charge >= 0.3 is 0 Å². The van der Waals surface area contributed by atoms with Gasteiger partial charge in [-0.05, 0) is 40.2 Å². The van der Waals surface area contributed by atoms with Crippen LogP contribution in [0.3, 0.4) is 0 Å². The molecule has 4 rings (SSSR count). The van der Waals surface area contributed by atoms with Crippen LogP contribution in [0.4, 0.5) is 20.2 Å². The van der Waals surface area contributed by atoms with Gasteiger partial charge < -0.3 is 10.2 Å². The van der Waals surface area contributed by atoms with Crippen molar-refractivity contribution >= 4 is 39.1 Å². The van der Waals surface area contributed by atoms with Crippen LogP contribution in [-0.2, 0) is 9.59 Å². The highest BCUT2D eigenvalue weighted by atomic mass is 79.9. The molecule has 1 unspecified atom stereocenters. The van der Waals surface area contributed by atoms with Gasteiger partial charge in [-0.2, -0.15) is 5.10 Å². The van der Waals surface area contributed by atoms with Crippen molar-refractivity contribution in [1.82, 2.24) is 9.78 Å². The fraction of sp³-hybridized carbons (Fsp3) is 0.150. The van der Waals surface area contributed by atoms with E-state index in [4.69, 9.17) is 0 Å². The molecule has 0 saturated carbocycles. The monoisotopic (exact) mass is 460 g/mol. The minimum atomic E-state index is -0.839. The van der Waals surface area contributed by atoms with E-state index in [1.54, 1.807) is 35.3 Å². The highest BCUT2D eigenvalue weighted by Crippen LogP contribution is 2.29. The molecule has 148 valence electrons. The number of para-hydroxylation sites is 2. The van der Waals surface area contributed by atoms with E-state index >= 15 is 0 Å². The summed E-state index contributed by atoms with van der Waals surface area (Å²) in [5.41, 5.74) is 1.16. The van der Waals surface area contributed by atoms with Crippen LogP contribution in [-0.4, -0.2) is 28.1 Å². The van der Waals surface area contributed by atoms with Gasteiger partial charge in [0.2, 0.25) is 11.8 Å². The third kappa shape index (κ3) is 3.91. The molecule has 1 aromatic heterocycles. The Balaban J connectivity index is 1.52. The van der Waals surface area contributed by atoms with E-state index in [1.807, 2.05) is 6.07 Å². The predicted molar refractivity (Wildman–Crippen MR) is 107 cm³/mol. The molecular formula is C20H15BrF2N4O2. The van der Waals surface area contributed by atoms with Gasteiger partial charge in [0.15, 0.2) is 0 Å². The van der Waals surface area contributed by atoms with E-state index in [0.717, 1.165) is 10.5 Å². The first kappa shape index (κ1) is 19.3. The van der Waals surface area contributed by atoms with E-state index < -0.39 is 17.6 Å². The summed E-state index contributed by atoms with van der Waals surface area (Å²) < 4.78 is 29.6. The second-order valence-electron chi connectivity index (χ2n) is 6.61. The Morgan fingerprint density at radius 3 is 2.69 bits per heavy atom. The maximum Gasteiger partial charge on any atom is 0.229 e. The van der Waals surface area contributed by atoms with Gasteiger partial charge in [-0.1, -0.05) is 12.1 Å². The summed E-state index contributed by atoms with van der Waals surface area (Å²) in [6.07, 6.45) is 3.32. The second-order valence-corrected chi connectivity index (χ2v) is 7.53. The average Bonchev–Trinajstić information content (AvgIpc) is 3.28. The predicted octanol–water partition coefficient (Wildman–Crippen LogP) is 3.90. The van der Waals surface area contributed by atoms with Crippen molar-refractivity contribution in [3.8, 4) is 5.69 Å². The third-order valence-electron chi connectivity index (χ3n) is 4.66. The number of amides is 2. The minimum absolute atomic E-state index is 0.0166. The topological polar surface area (TPSA) is 67.2 Å². The number of carbonyl (C=O) groups is 2. The summed E-state index contributed by atoms with van der Waals surface area (Å²) in [4.78, 5) is 26.3. The molecule has 1 aliphatic rings. The van der Waals surface area contributed by atoms with E-state index in [0.29, 0.717) is 17.4 Å². The number of nitrogens with zero attached hydrogens (tertiary/aromatic N) is 3. The zero-order chi connectivity index (χ0) is 20.5. The summed E-state index contributed by atoms with van der Waals surface area (Å²) in [6.45, 7) is 0.0166. The fourth-order valence-electron chi connectivity index (χ4n) is 3.26. The molecule has 1 N–H and O–H groups in total. The zero-order valence-corrected chi connectivity index (χ0v) is 16.6. The Kier molecular flexibility index (Phi) is 5.14. The number of halogens is 3. The van der Waals surface area contributed by atoms with Crippen LogP contribution >= 0.6 is 15.9 Å². The van der Waals surface area contributed by atoms with Crippen molar-refractivity contribution < 1.29 is 18.4 Å². The van der Waals surface area contributed by atoms with Crippen LogP contribution in [0.2, 0.25) is 0 Å². The third-order valence-corrected chi connectivity index (χ3v) is 5.07. The molecule has 1 atom stereocenters. The van der Waals surface area contributed by atoms with Crippen LogP contribution in [0.15, 0.2) is 59.3 Å². The number of benzene rings is 2. The van der Waals surface area contributed by atoms with E-state index in [9.17, 15) is 18.4 Å². The lowest BCUT2D eigenvalue weighted by atomic mass is 10.1. The van der Waals surface area contributed by atoms with Crippen LogP contribution < -0.4 is 10.2 Å². The molecule has 0 aliphatic carbocycles. The van der Waals surface area contributed by atoms with Crippen molar-refractivity contribution in [2.75, 3.05) is 16.8 Å². The van der Waals surface area contributed by atoms with Crippen molar-refractivity contribution in [1.29, 1.82) is 0 Å². The summed E-state index contributed by atoms with van der Waals surface area (Å²) >= 11 is 3.34. The number of anilines is 2. The second kappa shape index (κ2) is 7.75. The molecule has 9 heteroatoms. The maximum atomic E-state index is 14.0. The lowest BCUT2D eigenvalue weighted by Crippen LogP contribution is -2.29. The standard InChI is InChI=1S/C20H15BrF2N4O2/c21-13-9-24-27(11-13)18-4-2-1-3-16(18)25-20(29)12-7-19(28)26(10-12)17-6-5-14(22)8-15(17)23/h1-6,8-9,11-12H,7,10H2,(H,25,29). The van der Waals surface area contributed by atoms with Crippen molar-refractivity contribution in [3.05, 3.63) is 71.0 Å². The van der Waals surface area contributed by atoms with Gasteiger partial charge in [-0.3, -0.25) is 9.59 Å². The van der Waals surface area contributed by atoms with Gasteiger partial charge in [0, 0.05) is 25.2 Å². The summed E-state index contributed by atoms with van der Waals surface area (Å²) in [5, 5.41) is 7.04. The molecule has 2 aromatic carbocycles. The van der Waals surface area contributed by atoms with Crippen molar-refractivity contribution in [3.63, 3.8) is 0 Å². The van der Waals surface area contributed by atoms with Crippen LogP contribution in [0.5, 0.6) is 0 Å². The van der Waals surface area contributed by atoms with Crippen LogP contribution in [0, 0.1) is 17.6 Å². The van der Waals surface area contributed by atoms with E-state index in [1.165, 1.54) is 11.0 Å². The number of rotatable bonds is 4. The molecule has 3 aromatic rings. The molecule has 6 nitrogen and oxygen atoms in total. The van der Waals surface area contributed by atoms with Crippen LogP contribution in [0.25, 0.3) is 5.69 Å². The smallest absolute Gasteiger partial charge is 0.229 e. The highest BCUT2D eigenvalue weighted by molar-refractivity contribution is 9.10. The first-order valence-electron chi connectivity index (χ1n) is 8.78. The number of aromatic nitrogens is 2. The molecular weight excluding hydrogens is 446 g/mol. The van der Waals surface area contributed by atoms with Gasteiger partial charge in [0.25, 0.3) is 0 Å². The average molecular weight is 461 g/mol. The Hall–Kier alpha value is -3.07. The molecule has 0 bridgehead atoms. The number of hydrogen-bond donors (Lipinski definition) is 1. The van der Waals surface area contributed by atoms with Gasteiger partial charge in [-0.25, -0.2) is 13.5 Å². The van der Waals surface area contributed by atoms with Gasteiger partial charge in [-0.15, -0.1) is 0 Å². The molecule has 29 heavy (non-hydrogen) atoms. The molecule has 2 heterocycles. The lowest BCUT2D eigenvalue weighted by molar-refractivity contribution is -0.122. The minimum Gasteiger partial charge on any atom is -0.324 e. The summed E-state index contributed by atoms with van der Waals surface area (Å²) in [7, 11) is 0. The normalized spacial score (nSPS) is 16.3. The SMILES string of the molecule is O=C(Nc1ccccc1-n1cc(Br)cn1)C1CC(=O)N(c2ccc(F)cc2F)C1. The molecule has 0 spiro atoms. The fourth-order valence-corrected chi connectivity index (χ4v) is 3.55. The maximum absolute atomic E-state index is 14.0. The summed E-state index contributed by atoms with van der Waals surface area (Å²) in [5.74, 6) is -2.98. The molecule has 1 fully saturated rings. The van der Waals surface area contributed by atoms with Gasteiger partial charge in [0.1, 0.15) is 11.6 Å². The molecule has 0 radical (unpaired) electrons. The largest absolute Gasteiger partial charge is 0.324 e. The van der Waals surface area contributed by atoms with E-state index in [2.05, 4.69) is 26.3 Å². The Bertz CT molecular complexity index is 1100. The Morgan fingerprint density at radius 2 is 1.97 bits per heavy atom. The first-order chi connectivity index (χ1) is 13.9. The lowest BCUT2D eigenvalue weighted by Gasteiger charge is -2.18. The zero-order valence-electron chi connectivity index (χ0n) is 15.0.